The molecule has 0 saturated carbocycles. The summed E-state index contributed by atoms with van der Waals surface area (Å²) in [5.41, 5.74) is 4.75. The van der Waals surface area contributed by atoms with Crippen LogP contribution in [0.4, 0.5) is 21.9 Å². The maximum atomic E-state index is 12.3. The largest absolute Gasteiger partial charge is 0.369 e. The van der Waals surface area contributed by atoms with Gasteiger partial charge in [0.05, 0.1) is 11.0 Å². The van der Waals surface area contributed by atoms with E-state index in [-0.39, 0.29) is 6.03 Å². The number of imidazole rings is 1. The van der Waals surface area contributed by atoms with Gasteiger partial charge in [-0.3, -0.25) is 4.90 Å². The van der Waals surface area contributed by atoms with Crippen molar-refractivity contribution in [1.29, 1.82) is 0 Å². The Labute approximate surface area is 200 Å². The van der Waals surface area contributed by atoms with E-state index in [1.54, 1.807) is 0 Å². The average molecular weight is 455 g/mol. The Balaban J connectivity index is 1.17. The van der Waals surface area contributed by atoms with E-state index >= 15 is 0 Å². The third-order valence-electron chi connectivity index (χ3n) is 6.41. The molecule has 0 unspecified atom stereocenters. The lowest BCUT2D eigenvalue weighted by Crippen LogP contribution is -2.47. The molecule has 2 heterocycles. The zero-order chi connectivity index (χ0) is 23.3. The Bertz CT molecular complexity index is 1250. The van der Waals surface area contributed by atoms with Crippen LogP contribution in [0, 0.1) is 0 Å². The number of benzene rings is 3. The number of aromatic nitrogens is 2. The van der Waals surface area contributed by atoms with Crippen molar-refractivity contribution in [2.45, 2.75) is 6.42 Å². The average Bonchev–Trinajstić information content (AvgIpc) is 3.18. The van der Waals surface area contributed by atoms with Crippen LogP contribution in [0.1, 0.15) is 5.82 Å². The Morgan fingerprint density at radius 2 is 1.53 bits per heavy atom. The molecular weight excluding hydrogens is 424 g/mol. The summed E-state index contributed by atoms with van der Waals surface area (Å²) in [6.45, 7) is 5.20. The number of rotatable bonds is 6. The Hall–Kier alpha value is -3.84. The quantitative estimate of drug-likeness (QED) is 0.448. The van der Waals surface area contributed by atoms with Gasteiger partial charge in [-0.05, 0) is 42.5 Å². The van der Waals surface area contributed by atoms with E-state index in [2.05, 4.69) is 62.4 Å². The summed E-state index contributed by atoms with van der Waals surface area (Å²) in [4.78, 5) is 22.2. The molecule has 0 radical (unpaired) electrons. The van der Waals surface area contributed by atoms with Crippen LogP contribution in [0.5, 0.6) is 0 Å². The minimum atomic E-state index is -0.267. The van der Waals surface area contributed by atoms with Crippen LogP contribution < -0.4 is 15.5 Å². The summed E-state index contributed by atoms with van der Waals surface area (Å²) in [6, 6.07) is 25.6. The van der Waals surface area contributed by atoms with Gasteiger partial charge in [-0.1, -0.05) is 36.4 Å². The minimum Gasteiger partial charge on any atom is -0.369 e. The molecule has 34 heavy (non-hydrogen) atoms. The first-order chi connectivity index (χ1) is 16.7. The van der Waals surface area contributed by atoms with Crippen molar-refractivity contribution in [2.75, 3.05) is 48.3 Å². The molecule has 3 aromatic carbocycles. The zero-order valence-corrected chi connectivity index (χ0v) is 19.4. The number of fused-ring (bicyclic) bond motifs is 1. The molecule has 0 aliphatic carbocycles. The fraction of sp³-hybridized carbons (Fsp3) is 0.259. The highest BCUT2D eigenvalue weighted by Gasteiger charge is 2.18. The van der Waals surface area contributed by atoms with E-state index in [1.165, 1.54) is 5.69 Å². The van der Waals surface area contributed by atoms with Crippen LogP contribution in [-0.2, 0) is 13.5 Å². The first kappa shape index (κ1) is 22.0. The molecule has 174 valence electrons. The number of piperazine rings is 1. The van der Waals surface area contributed by atoms with Crippen molar-refractivity contribution in [3.63, 3.8) is 0 Å². The van der Waals surface area contributed by atoms with Gasteiger partial charge in [0, 0.05) is 63.3 Å². The molecule has 0 bridgehead atoms. The maximum Gasteiger partial charge on any atom is 0.323 e. The second-order valence-corrected chi connectivity index (χ2v) is 8.65. The summed E-state index contributed by atoms with van der Waals surface area (Å²) in [5.74, 6) is 1.06. The highest BCUT2D eigenvalue weighted by atomic mass is 16.2. The number of aryl methyl sites for hydroxylation is 1. The van der Waals surface area contributed by atoms with Crippen molar-refractivity contribution in [3.05, 3.63) is 84.7 Å². The van der Waals surface area contributed by atoms with Gasteiger partial charge in [-0.15, -0.1) is 0 Å². The van der Waals surface area contributed by atoms with Crippen LogP contribution >= 0.6 is 0 Å². The van der Waals surface area contributed by atoms with Crippen LogP contribution in [0.2, 0.25) is 0 Å². The Kier molecular flexibility index (Phi) is 6.44. The number of carbonyl (C=O) groups is 1. The lowest BCUT2D eigenvalue weighted by molar-refractivity contribution is 0.259. The van der Waals surface area contributed by atoms with Crippen molar-refractivity contribution in [1.82, 2.24) is 14.5 Å². The van der Waals surface area contributed by atoms with Crippen molar-refractivity contribution in [3.8, 4) is 0 Å². The summed E-state index contributed by atoms with van der Waals surface area (Å²) < 4.78 is 2.16. The van der Waals surface area contributed by atoms with Crippen LogP contribution in [-0.4, -0.2) is 53.2 Å². The summed E-state index contributed by atoms with van der Waals surface area (Å²) >= 11 is 0. The lowest BCUT2D eigenvalue weighted by atomic mass is 10.2. The molecule has 7 nitrogen and oxygen atoms in total. The highest BCUT2D eigenvalue weighted by Crippen LogP contribution is 2.21. The van der Waals surface area contributed by atoms with E-state index in [0.717, 1.165) is 67.4 Å². The smallest absolute Gasteiger partial charge is 0.323 e. The minimum absolute atomic E-state index is 0.267. The van der Waals surface area contributed by atoms with Gasteiger partial charge < -0.3 is 20.1 Å². The van der Waals surface area contributed by atoms with Crippen molar-refractivity contribution < 1.29 is 4.79 Å². The second kappa shape index (κ2) is 9.97. The Morgan fingerprint density at radius 1 is 0.853 bits per heavy atom. The summed E-state index contributed by atoms with van der Waals surface area (Å²) in [5, 5.41) is 5.74. The molecule has 4 aromatic rings. The van der Waals surface area contributed by atoms with E-state index < -0.39 is 0 Å². The van der Waals surface area contributed by atoms with Crippen LogP contribution in [0.3, 0.4) is 0 Å². The molecule has 0 atom stereocenters. The van der Waals surface area contributed by atoms with Gasteiger partial charge in [0.1, 0.15) is 5.82 Å². The fourth-order valence-electron chi connectivity index (χ4n) is 4.49. The van der Waals surface area contributed by atoms with Crippen molar-refractivity contribution >= 4 is 34.1 Å². The maximum absolute atomic E-state index is 12.3. The monoisotopic (exact) mass is 454 g/mol. The fourth-order valence-corrected chi connectivity index (χ4v) is 4.49. The predicted molar refractivity (Wildman–Crippen MR) is 139 cm³/mol. The van der Waals surface area contributed by atoms with Crippen LogP contribution in [0.15, 0.2) is 78.9 Å². The van der Waals surface area contributed by atoms with Gasteiger partial charge in [0.15, 0.2) is 0 Å². The third kappa shape index (κ3) is 5.05. The second-order valence-electron chi connectivity index (χ2n) is 8.65. The Morgan fingerprint density at radius 3 is 2.26 bits per heavy atom. The number of amides is 2. The number of nitrogens with zero attached hydrogens (tertiary/aromatic N) is 4. The van der Waals surface area contributed by atoms with E-state index in [4.69, 9.17) is 4.98 Å². The van der Waals surface area contributed by atoms with Gasteiger partial charge in [0.2, 0.25) is 0 Å². The molecule has 5 rings (SSSR count). The number of anilines is 3. The molecule has 0 spiro atoms. The van der Waals surface area contributed by atoms with Gasteiger partial charge in [-0.2, -0.15) is 0 Å². The number of carbonyl (C=O) groups excluding carboxylic acids is 1. The normalized spacial score (nSPS) is 14.3. The third-order valence-corrected chi connectivity index (χ3v) is 6.41. The molecule has 1 fully saturated rings. The molecule has 1 aliphatic rings. The van der Waals surface area contributed by atoms with Crippen LogP contribution in [0.25, 0.3) is 11.0 Å². The van der Waals surface area contributed by atoms with Gasteiger partial charge >= 0.3 is 6.03 Å². The molecule has 2 amide bonds. The summed E-state index contributed by atoms with van der Waals surface area (Å²) in [6.07, 6.45) is 0.897. The first-order valence-corrected chi connectivity index (χ1v) is 11.8. The highest BCUT2D eigenvalue weighted by molar-refractivity contribution is 6.00. The number of hydrogen-bond acceptors (Lipinski definition) is 4. The zero-order valence-electron chi connectivity index (χ0n) is 19.4. The van der Waals surface area contributed by atoms with Gasteiger partial charge in [0.25, 0.3) is 0 Å². The molecule has 1 aromatic heterocycles. The topological polar surface area (TPSA) is 65.4 Å². The SMILES string of the molecule is Cn1c(CCN2CCN(c3ccccc3)CC2)nc2cc(NC(=O)Nc3ccccc3)ccc21. The van der Waals surface area contributed by atoms with E-state index in [1.807, 2.05) is 48.5 Å². The van der Waals surface area contributed by atoms with Crippen molar-refractivity contribution in [2.24, 2.45) is 7.05 Å². The molecular formula is C27H30N6O. The standard InChI is InChI=1S/C27H30N6O/c1-31-25-13-12-22(29-27(34)28-21-8-4-2-5-9-21)20-24(25)30-26(31)14-15-32-16-18-33(19-17-32)23-10-6-3-7-11-23/h2-13,20H,14-19H2,1H3,(H2,28,29,34). The molecule has 1 aliphatic heterocycles. The molecule has 2 N–H and O–H groups in total. The first-order valence-electron chi connectivity index (χ1n) is 11.8. The lowest BCUT2D eigenvalue weighted by Gasteiger charge is -2.36. The number of para-hydroxylation sites is 2. The molecule has 7 heteroatoms. The number of hydrogen-bond donors (Lipinski definition) is 2. The van der Waals surface area contributed by atoms with E-state index in [0.29, 0.717) is 0 Å². The summed E-state index contributed by atoms with van der Waals surface area (Å²) in [7, 11) is 2.06. The number of nitrogens with one attached hydrogen (secondary N) is 2. The number of urea groups is 1. The van der Waals surface area contributed by atoms with E-state index in [9.17, 15) is 4.79 Å². The molecule has 1 saturated heterocycles. The predicted octanol–water partition coefficient (Wildman–Crippen LogP) is 4.58. The van der Waals surface area contributed by atoms with Gasteiger partial charge in [-0.25, -0.2) is 9.78 Å².